The van der Waals surface area contributed by atoms with Gasteiger partial charge in [0.25, 0.3) is 0 Å². The molecule has 2 N–H and O–H groups in total. The summed E-state index contributed by atoms with van der Waals surface area (Å²) in [6.45, 7) is 2.75. The van der Waals surface area contributed by atoms with Crippen LogP contribution in [0.15, 0.2) is 24.3 Å². The number of rotatable bonds is 6. The molecule has 1 rings (SSSR count). The third-order valence-electron chi connectivity index (χ3n) is 3.00. The van der Waals surface area contributed by atoms with Crippen molar-refractivity contribution in [2.45, 2.75) is 25.9 Å². The standard InChI is InChI=1S/C14H17F3N2OS/c1-2-19(8-7-12(18)21)13(20)9-10-3-5-11(6-4-10)14(15,16)17/h3-6H,2,7-9H2,1H3,(H2,18,21). The summed E-state index contributed by atoms with van der Waals surface area (Å²) >= 11 is 4.76. The molecule has 0 saturated carbocycles. The van der Waals surface area contributed by atoms with Gasteiger partial charge in [-0.05, 0) is 24.6 Å². The number of carbonyl (C=O) groups excluding carboxylic acids is 1. The minimum atomic E-state index is -4.37. The molecule has 21 heavy (non-hydrogen) atoms. The number of amides is 1. The van der Waals surface area contributed by atoms with Crippen LogP contribution in [0.4, 0.5) is 13.2 Å². The van der Waals surface area contributed by atoms with Crippen LogP contribution < -0.4 is 5.73 Å². The Hall–Kier alpha value is -1.63. The smallest absolute Gasteiger partial charge is 0.393 e. The van der Waals surface area contributed by atoms with Gasteiger partial charge in [-0.3, -0.25) is 4.79 Å². The molecule has 0 fully saturated rings. The first-order valence-corrected chi connectivity index (χ1v) is 6.87. The molecular formula is C14H17F3N2OS. The highest BCUT2D eigenvalue weighted by molar-refractivity contribution is 7.80. The van der Waals surface area contributed by atoms with Crippen LogP contribution in [0.5, 0.6) is 0 Å². The maximum Gasteiger partial charge on any atom is 0.416 e. The highest BCUT2D eigenvalue weighted by atomic mass is 32.1. The maximum atomic E-state index is 12.4. The topological polar surface area (TPSA) is 46.3 Å². The summed E-state index contributed by atoms with van der Waals surface area (Å²) in [6.07, 6.45) is -3.87. The lowest BCUT2D eigenvalue weighted by Gasteiger charge is -2.20. The third-order valence-corrected chi connectivity index (χ3v) is 3.20. The predicted molar refractivity (Wildman–Crippen MR) is 78.8 cm³/mol. The van der Waals surface area contributed by atoms with E-state index in [0.717, 1.165) is 12.1 Å². The molecule has 0 aliphatic carbocycles. The molecule has 1 amide bonds. The highest BCUT2D eigenvalue weighted by Crippen LogP contribution is 2.29. The van der Waals surface area contributed by atoms with Gasteiger partial charge in [0, 0.05) is 19.5 Å². The van der Waals surface area contributed by atoms with E-state index < -0.39 is 11.7 Å². The van der Waals surface area contributed by atoms with Gasteiger partial charge in [0.05, 0.1) is 17.0 Å². The molecule has 0 radical (unpaired) electrons. The Kier molecular flexibility index (Phi) is 6.14. The van der Waals surface area contributed by atoms with Crippen LogP contribution in [0, 0.1) is 0 Å². The van der Waals surface area contributed by atoms with Crippen LogP contribution in [0.3, 0.4) is 0 Å². The molecule has 3 nitrogen and oxygen atoms in total. The summed E-state index contributed by atoms with van der Waals surface area (Å²) in [4.78, 5) is 14.0. The fourth-order valence-corrected chi connectivity index (χ4v) is 1.89. The zero-order valence-electron chi connectivity index (χ0n) is 11.6. The number of likely N-dealkylation sites (N-methyl/N-ethyl adjacent to an activating group) is 1. The number of thiocarbonyl (C=S) groups is 1. The molecule has 7 heteroatoms. The lowest BCUT2D eigenvalue weighted by Crippen LogP contribution is -2.34. The van der Waals surface area contributed by atoms with Gasteiger partial charge in [-0.15, -0.1) is 0 Å². The molecule has 0 spiro atoms. The number of nitrogens with two attached hydrogens (primary N) is 1. The monoisotopic (exact) mass is 318 g/mol. The van der Waals surface area contributed by atoms with Crippen molar-refractivity contribution in [2.24, 2.45) is 5.73 Å². The van der Waals surface area contributed by atoms with Crippen LogP contribution in [-0.2, 0) is 17.4 Å². The van der Waals surface area contributed by atoms with E-state index in [4.69, 9.17) is 18.0 Å². The van der Waals surface area contributed by atoms with Gasteiger partial charge in [-0.25, -0.2) is 0 Å². The fraction of sp³-hybridized carbons (Fsp3) is 0.429. The summed E-state index contributed by atoms with van der Waals surface area (Å²) in [5, 5.41) is 0. The largest absolute Gasteiger partial charge is 0.416 e. The quantitative estimate of drug-likeness (QED) is 0.821. The zero-order valence-corrected chi connectivity index (χ0v) is 12.4. The van der Waals surface area contributed by atoms with E-state index in [-0.39, 0.29) is 12.3 Å². The molecule has 0 saturated heterocycles. The zero-order chi connectivity index (χ0) is 16.0. The first kappa shape index (κ1) is 17.4. The van der Waals surface area contributed by atoms with Crippen LogP contribution >= 0.6 is 12.2 Å². The van der Waals surface area contributed by atoms with Crippen LogP contribution in [0.25, 0.3) is 0 Å². The second-order valence-electron chi connectivity index (χ2n) is 4.56. The van der Waals surface area contributed by atoms with Crippen molar-refractivity contribution in [2.75, 3.05) is 13.1 Å². The Morgan fingerprint density at radius 2 is 1.86 bits per heavy atom. The van der Waals surface area contributed by atoms with Gasteiger partial charge in [0.15, 0.2) is 0 Å². The van der Waals surface area contributed by atoms with Crippen LogP contribution in [-0.4, -0.2) is 28.9 Å². The van der Waals surface area contributed by atoms with Crippen molar-refractivity contribution in [1.82, 2.24) is 4.90 Å². The van der Waals surface area contributed by atoms with Gasteiger partial charge < -0.3 is 10.6 Å². The summed E-state index contributed by atoms with van der Waals surface area (Å²) < 4.78 is 37.3. The van der Waals surface area contributed by atoms with Crippen molar-refractivity contribution in [1.29, 1.82) is 0 Å². The SMILES string of the molecule is CCN(CCC(N)=S)C(=O)Cc1ccc(C(F)(F)F)cc1. The third kappa shape index (κ3) is 5.71. The molecule has 0 heterocycles. The maximum absolute atomic E-state index is 12.4. The van der Waals surface area contributed by atoms with Gasteiger partial charge >= 0.3 is 6.18 Å². The van der Waals surface area contributed by atoms with E-state index in [2.05, 4.69) is 0 Å². The molecule has 0 aromatic heterocycles. The Bertz CT molecular complexity index is 500. The Morgan fingerprint density at radius 1 is 1.29 bits per heavy atom. The van der Waals surface area contributed by atoms with E-state index in [1.54, 1.807) is 4.90 Å². The fourth-order valence-electron chi connectivity index (χ4n) is 1.80. The number of nitrogens with zero attached hydrogens (tertiary/aromatic N) is 1. The molecular weight excluding hydrogens is 301 g/mol. The molecule has 1 aromatic rings. The number of hydrogen-bond donors (Lipinski definition) is 1. The molecule has 1 aromatic carbocycles. The molecule has 0 aliphatic rings. The Labute approximate surface area is 126 Å². The minimum Gasteiger partial charge on any atom is -0.393 e. The number of hydrogen-bond acceptors (Lipinski definition) is 2. The second-order valence-corrected chi connectivity index (χ2v) is 5.09. The lowest BCUT2D eigenvalue weighted by molar-refractivity contribution is -0.137. The summed E-state index contributed by atoms with van der Waals surface area (Å²) in [5.74, 6) is -0.159. The predicted octanol–water partition coefficient (Wildman–Crippen LogP) is 2.77. The first-order chi connectivity index (χ1) is 9.74. The van der Waals surface area contributed by atoms with E-state index in [9.17, 15) is 18.0 Å². The normalized spacial score (nSPS) is 11.2. The number of alkyl halides is 3. The summed E-state index contributed by atoms with van der Waals surface area (Å²) in [5.41, 5.74) is 5.21. The number of benzene rings is 1. The van der Waals surface area contributed by atoms with Gasteiger partial charge in [0.2, 0.25) is 5.91 Å². The summed E-state index contributed by atoms with van der Waals surface area (Å²) in [6, 6.07) is 4.60. The van der Waals surface area contributed by atoms with Crippen molar-refractivity contribution in [3.05, 3.63) is 35.4 Å². The number of halogens is 3. The summed E-state index contributed by atoms with van der Waals surface area (Å²) in [7, 11) is 0. The van der Waals surface area contributed by atoms with Crippen LogP contribution in [0.2, 0.25) is 0 Å². The van der Waals surface area contributed by atoms with E-state index >= 15 is 0 Å². The molecule has 0 atom stereocenters. The molecule has 0 unspecified atom stereocenters. The lowest BCUT2D eigenvalue weighted by atomic mass is 10.1. The Morgan fingerprint density at radius 3 is 2.29 bits per heavy atom. The Balaban J connectivity index is 2.67. The molecule has 116 valence electrons. The van der Waals surface area contributed by atoms with Gasteiger partial charge in [-0.1, -0.05) is 24.4 Å². The first-order valence-electron chi connectivity index (χ1n) is 6.46. The van der Waals surface area contributed by atoms with Crippen LogP contribution in [0.1, 0.15) is 24.5 Å². The van der Waals surface area contributed by atoms with Crippen molar-refractivity contribution in [3.63, 3.8) is 0 Å². The van der Waals surface area contributed by atoms with E-state index in [1.165, 1.54) is 12.1 Å². The minimum absolute atomic E-state index is 0.0588. The average molecular weight is 318 g/mol. The van der Waals surface area contributed by atoms with Gasteiger partial charge in [-0.2, -0.15) is 13.2 Å². The second kappa shape index (κ2) is 7.40. The van der Waals surface area contributed by atoms with Crippen molar-refractivity contribution >= 4 is 23.1 Å². The van der Waals surface area contributed by atoms with Gasteiger partial charge in [0.1, 0.15) is 0 Å². The van der Waals surface area contributed by atoms with E-state index in [1.807, 2.05) is 6.92 Å². The average Bonchev–Trinajstić information content (AvgIpc) is 2.38. The molecule has 0 bridgehead atoms. The highest BCUT2D eigenvalue weighted by Gasteiger charge is 2.30. The number of carbonyl (C=O) groups is 1. The van der Waals surface area contributed by atoms with E-state index in [0.29, 0.717) is 30.1 Å². The van der Waals surface area contributed by atoms with Crippen molar-refractivity contribution in [3.8, 4) is 0 Å². The molecule has 0 aliphatic heterocycles. The van der Waals surface area contributed by atoms with Crippen molar-refractivity contribution < 1.29 is 18.0 Å².